The van der Waals surface area contributed by atoms with Crippen molar-refractivity contribution in [3.63, 3.8) is 0 Å². The molecule has 1 saturated carbocycles. The van der Waals surface area contributed by atoms with E-state index in [0.29, 0.717) is 24.2 Å². The first-order valence-electron chi connectivity index (χ1n) is 13.9. The van der Waals surface area contributed by atoms with Gasteiger partial charge >= 0.3 is 5.97 Å². The molecule has 3 aromatic carbocycles. The monoisotopic (exact) mass is 558 g/mol. The quantitative estimate of drug-likeness (QED) is 0.102. The van der Waals surface area contributed by atoms with Crippen molar-refractivity contribution in [3.8, 4) is 22.6 Å². The third-order valence-corrected chi connectivity index (χ3v) is 7.19. The molecule has 214 valence electrons. The van der Waals surface area contributed by atoms with E-state index < -0.39 is 35.0 Å². The molecule has 0 amide bonds. The Balaban J connectivity index is 1.42. The van der Waals surface area contributed by atoms with Gasteiger partial charge in [0.15, 0.2) is 23.1 Å². The molecule has 1 aliphatic rings. The van der Waals surface area contributed by atoms with Crippen molar-refractivity contribution >= 4 is 5.97 Å². The zero-order valence-corrected chi connectivity index (χ0v) is 22.8. The summed E-state index contributed by atoms with van der Waals surface area (Å²) in [6.45, 7) is 4.94. The van der Waals surface area contributed by atoms with Gasteiger partial charge in [0.1, 0.15) is 0 Å². The van der Waals surface area contributed by atoms with Crippen LogP contribution in [0.1, 0.15) is 80.6 Å². The molecule has 3 aromatic rings. The number of benzene rings is 3. The highest BCUT2D eigenvalue weighted by Crippen LogP contribution is 2.38. The van der Waals surface area contributed by atoms with Gasteiger partial charge in [-0.05, 0) is 79.8 Å². The molecule has 4 rings (SSSR count). The Kier molecular flexibility index (Phi) is 10.2. The normalized spacial score (nSPS) is 17.1. The molecule has 0 aliphatic heterocycles. The van der Waals surface area contributed by atoms with Gasteiger partial charge in [0.25, 0.3) is 0 Å². The van der Waals surface area contributed by atoms with Crippen molar-refractivity contribution in [2.75, 3.05) is 13.2 Å². The highest BCUT2D eigenvalue weighted by atomic mass is 19.2. The molecule has 4 nitrogen and oxygen atoms in total. The molecule has 0 atom stereocenters. The van der Waals surface area contributed by atoms with Crippen molar-refractivity contribution in [1.82, 2.24) is 0 Å². The topological polar surface area (TPSA) is 44.8 Å². The Labute approximate surface area is 232 Å². The van der Waals surface area contributed by atoms with Crippen molar-refractivity contribution < 1.29 is 36.6 Å². The van der Waals surface area contributed by atoms with Crippen LogP contribution in [0.4, 0.5) is 17.6 Å². The van der Waals surface area contributed by atoms with Gasteiger partial charge in [-0.3, -0.25) is 0 Å². The lowest BCUT2D eigenvalue weighted by Gasteiger charge is -2.29. The molecular formula is C32H34F4O4. The zero-order valence-electron chi connectivity index (χ0n) is 22.8. The maximum atomic E-state index is 15.1. The number of carbonyl (C=O) groups is 1. The molecule has 0 bridgehead atoms. The Morgan fingerprint density at radius 1 is 0.750 bits per heavy atom. The number of halogens is 4. The van der Waals surface area contributed by atoms with Gasteiger partial charge in [0.2, 0.25) is 11.6 Å². The summed E-state index contributed by atoms with van der Waals surface area (Å²) in [4.78, 5) is 12.6. The lowest BCUT2D eigenvalue weighted by atomic mass is 9.82. The summed E-state index contributed by atoms with van der Waals surface area (Å²) in [5.74, 6) is -6.22. The Morgan fingerprint density at radius 3 is 2.10 bits per heavy atom. The summed E-state index contributed by atoms with van der Waals surface area (Å²) in [6.07, 6.45) is 5.75. The van der Waals surface area contributed by atoms with Gasteiger partial charge in [-0.2, -0.15) is 8.78 Å². The largest absolute Gasteiger partial charge is 0.490 e. The van der Waals surface area contributed by atoms with E-state index in [1.54, 1.807) is 12.1 Å². The standard InChI is InChI=1S/C32H34F4O4/c1-3-5-19-39-26-16-17-27(31(36)30(26)35)40-32(37)22-8-6-20(7-9-22)24-14-15-25(29(34)28(24)33)21-10-12-23(13-11-21)38-18-4-2/h6-9,14-17,21,23H,3-5,10-13,18-19H2,1-2H3. The fraction of sp³-hybridized carbons (Fsp3) is 0.406. The fourth-order valence-electron chi connectivity index (χ4n) is 4.90. The second-order valence-electron chi connectivity index (χ2n) is 10.0. The first-order chi connectivity index (χ1) is 19.3. The lowest BCUT2D eigenvalue weighted by molar-refractivity contribution is 0.0248. The molecule has 1 fully saturated rings. The summed E-state index contributed by atoms with van der Waals surface area (Å²) in [7, 11) is 0. The van der Waals surface area contributed by atoms with Gasteiger partial charge in [-0.15, -0.1) is 0 Å². The molecule has 0 saturated heterocycles. The summed E-state index contributed by atoms with van der Waals surface area (Å²) < 4.78 is 75.0. The van der Waals surface area contributed by atoms with Crippen LogP contribution in [0.3, 0.4) is 0 Å². The number of rotatable bonds is 11. The van der Waals surface area contributed by atoms with Crippen LogP contribution in [-0.2, 0) is 4.74 Å². The van der Waals surface area contributed by atoms with Crippen molar-refractivity contribution in [1.29, 1.82) is 0 Å². The molecule has 0 spiro atoms. The predicted molar refractivity (Wildman–Crippen MR) is 145 cm³/mol. The van der Waals surface area contributed by atoms with Crippen LogP contribution in [0.2, 0.25) is 0 Å². The highest BCUT2D eigenvalue weighted by molar-refractivity contribution is 5.91. The van der Waals surface area contributed by atoms with Gasteiger partial charge in [-0.25, -0.2) is 13.6 Å². The van der Waals surface area contributed by atoms with E-state index in [1.807, 2.05) is 6.92 Å². The minimum Gasteiger partial charge on any atom is -0.490 e. The molecule has 0 N–H and O–H groups in total. The average Bonchev–Trinajstić information content (AvgIpc) is 2.97. The van der Waals surface area contributed by atoms with Crippen molar-refractivity contribution in [2.24, 2.45) is 0 Å². The van der Waals surface area contributed by atoms with E-state index in [9.17, 15) is 13.6 Å². The third-order valence-electron chi connectivity index (χ3n) is 7.19. The summed E-state index contributed by atoms with van der Waals surface area (Å²) in [5, 5.41) is 0. The molecule has 1 aliphatic carbocycles. The highest BCUT2D eigenvalue weighted by Gasteiger charge is 2.27. The number of unbranched alkanes of at least 4 members (excludes halogenated alkanes) is 1. The van der Waals surface area contributed by atoms with Crippen molar-refractivity contribution in [2.45, 2.75) is 70.8 Å². The van der Waals surface area contributed by atoms with E-state index >= 15 is 8.78 Å². The van der Waals surface area contributed by atoms with Crippen LogP contribution in [-0.4, -0.2) is 25.3 Å². The maximum Gasteiger partial charge on any atom is 0.343 e. The molecule has 0 aromatic heterocycles. The van der Waals surface area contributed by atoms with Gasteiger partial charge in [0, 0.05) is 12.2 Å². The molecular weight excluding hydrogens is 524 g/mol. The maximum absolute atomic E-state index is 15.1. The SMILES string of the molecule is CCCCOc1ccc(OC(=O)c2ccc(-c3ccc(C4CCC(OCCC)CC4)c(F)c3F)cc2)c(F)c1F. The van der Waals surface area contributed by atoms with Crippen LogP contribution in [0.5, 0.6) is 11.5 Å². The van der Waals surface area contributed by atoms with Crippen molar-refractivity contribution in [3.05, 3.63) is 82.9 Å². The number of esters is 1. The minimum atomic E-state index is -1.33. The summed E-state index contributed by atoms with van der Waals surface area (Å²) in [6, 6.07) is 11.1. The second kappa shape index (κ2) is 13.8. The Morgan fingerprint density at radius 2 is 1.43 bits per heavy atom. The van der Waals surface area contributed by atoms with Crippen LogP contribution < -0.4 is 9.47 Å². The number of ether oxygens (including phenoxy) is 3. The van der Waals surface area contributed by atoms with E-state index in [2.05, 4.69) is 6.92 Å². The summed E-state index contributed by atoms with van der Waals surface area (Å²) >= 11 is 0. The van der Waals surface area contributed by atoms with Gasteiger partial charge in [0.05, 0.1) is 18.3 Å². The molecule has 8 heteroatoms. The molecule has 40 heavy (non-hydrogen) atoms. The van der Waals surface area contributed by atoms with E-state index in [-0.39, 0.29) is 35.5 Å². The Hall–Kier alpha value is -3.39. The predicted octanol–water partition coefficient (Wildman–Crippen LogP) is 8.76. The van der Waals surface area contributed by atoms with Crippen LogP contribution in [0.25, 0.3) is 11.1 Å². The first-order valence-corrected chi connectivity index (χ1v) is 13.9. The van der Waals surface area contributed by atoms with Crippen LogP contribution in [0, 0.1) is 23.3 Å². The number of hydrogen-bond acceptors (Lipinski definition) is 4. The molecule has 0 radical (unpaired) electrons. The summed E-state index contributed by atoms with van der Waals surface area (Å²) in [5.41, 5.74) is 0.827. The third kappa shape index (κ3) is 6.84. The van der Waals surface area contributed by atoms with E-state index in [4.69, 9.17) is 14.2 Å². The zero-order chi connectivity index (χ0) is 28.6. The van der Waals surface area contributed by atoms with Crippen LogP contribution >= 0.6 is 0 Å². The fourth-order valence-corrected chi connectivity index (χ4v) is 4.90. The number of carbonyl (C=O) groups excluding carboxylic acids is 1. The second-order valence-corrected chi connectivity index (χ2v) is 10.0. The van der Waals surface area contributed by atoms with E-state index in [0.717, 1.165) is 44.6 Å². The van der Waals surface area contributed by atoms with Gasteiger partial charge < -0.3 is 14.2 Å². The van der Waals surface area contributed by atoms with E-state index in [1.165, 1.54) is 30.3 Å². The van der Waals surface area contributed by atoms with Crippen LogP contribution in [0.15, 0.2) is 48.5 Å². The smallest absolute Gasteiger partial charge is 0.343 e. The molecule has 0 heterocycles. The lowest BCUT2D eigenvalue weighted by Crippen LogP contribution is -2.21. The van der Waals surface area contributed by atoms with Gasteiger partial charge in [-0.1, -0.05) is 44.5 Å². The minimum absolute atomic E-state index is 0.0337. The first kappa shape index (κ1) is 29.6. The number of hydrogen-bond donors (Lipinski definition) is 0. The average molecular weight is 559 g/mol. The Bertz CT molecular complexity index is 1300. The molecule has 0 unspecified atom stereocenters.